The van der Waals surface area contributed by atoms with E-state index in [0.717, 1.165) is 31.2 Å². The second kappa shape index (κ2) is 7.24. The fraction of sp³-hybridized carbons (Fsp3) is 0.600. The third-order valence-electron chi connectivity index (χ3n) is 5.61. The number of ketones is 1. The highest BCUT2D eigenvalue weighted by atomic mass is 19.1. The molecule has 2 fully saturated rings. The first-order valence-electron chi connectivity index (χ1n) is 9.09. The topological polar surface area (TPSA) is 63.6 Å². The van der Waals surface area contributed by atoms with Crippen LogP contribution in [0, 0.1) is 11.7 Å². The van der Waals surface area contributed by atoms with Gasteiger partial charge in [0.1, 0.15) is 23.6 Å². The smallest absolute Gasteiger partial charge is 0.313 e. The molecular weight excluding hydrogens is 323 g/mol. The lowest BCUT2D eigenvalue weighted by molar-refractivity contribution is -0.178. The lowest BCUT2D eigenvalue weighted by Crippen LogP contribution is -2.48. The Morgan fingerprint density at radius 1 is 1.32 bits per heavy atom. The van der Waals surface area contributed by atoms with Crippen molar-refractivity contribution in [1.82, 2.24) is 0 Å². The van der Waals surface area contributed by atoms with E-state index < -0.39 is 23.5 Å². The van der Waals surface area contributed by atoms with Crippen LogP contribution in [0.1, 0.15) is 69.1 Å². The van der Waals surface area contributed by atoms with Gasteiger partial charge < -0.3 is 9.84 Å². The van der Waals surface area contributed by atoms with Crippen LogP contribution in [0.5, 0.6) is 0 Å². The number of aliphatic hydroxyl groups is 1. The van der Waals surface area contributed by atoms with Gasteiger partial charge in [-0.05, 0) is 50.2 Å². The lowest BCUT2D eigenvalue weighted by atomic mass is 9.76. The summed E-state index contributed by atoms with van der Waals surface area (Å²) in [6, 6.07) is 4.81. The number of Topliss-reactive ketones (excluding diaryl/α,β-unsaturated/α-hetero) is 1. The summed E-state index contributed by atoms with van der Waals surface area (Å²) in [5.74, 6) is -0.709. The monoisotopic (exact) mass is 348 g/mol. The van der Waals surface area contributed by atoms with Crippen molar-refractivity contribution in [2.75, 3.05) is 0 Å². The van der Waals surface area contributed by atoms with Crippen LogP contribution < -0.4 is 0 Å². The Bertz CT molecular complexity index is 646. The minimum atomic E-state index is -0.851. The average molecular weight is 348 g/mol. The van der Waals surface area contributed by atoms with Crippen LogP contribution in [-0.4, -0.2) is 22.5 Å². The second-order valence-corrected chi connectivity index (χ2v) is 7.44. The molecule has 5 heteroatoms. The third-order valence-corrected chi connectivity index (χ3v) is 5.61. The molecule has 1 aromatic rings. The van der Waals surface area contributed by atoms with E-state index in [0.29, 0.717) is 12.8 Å². The van der Waals surface area contributed by atoms with Crippen LogP contribution in [-0.2, 0) is 20.7 Å². The zero-order chi connectivity index (χ0) is 18.0. The molecule has 3 rings (SSSR count). The number of rotatable bonds is 5. The molecule has 0 aromatic heterocycles. The number of carbonyl (C=O) groups excluding carboxylic acids is 2. The van der Waals surface area contributed by atoms with Crippen molar-refractivity contribution in [1.29, 1.82) is 0 Å². The molecule has 4 nitrogen and oxygen atoms in total. The fourth-order valence-electron chi connectivity index (χ4n) is 4.30. The van der Waals surface area contributed by atoms with Gasteiger partial charge in [0.25, 0.3) is 0 Å². The number of cyclic esters (lactones) is 1. The molecule has 0 bridgehead atoms. The summed E-state index contributed by atoms with van der Waals surface area (Å²) in [6.07, 6.45) is 4.48. The van der Waals surface area contributed by atoms with Gasteiger partial charge in [0.15, 0.2) is 0 Å². The van der Waals surface area contributed by atoms with Crippen LogP contribution in [0.15, 0.2) is 18.2 Å². The maximum atomic E-state index is 14.1. The fourth-order valence-corrected chi connectivity index (χ4v) is 4.30. The highest BCUT2D eigenvalue weighted by Crippen LogP contribution is 2.43. The Kier molecular flexibility index (Phi) is 5.23. The van der Waals surface area contributed by atoms with Gasteiger partial charge in [0.05, 0.1) is 6.10 Å². The summed E-state index contributed by atoms with van der Waals surface area (Å²) in [7, 11) is 0. The molecule has 2 atom stereocenters. The Morgan fingerprint density at radius 3 is 2.64 bits per heavy atom. The predicted octanol–water partition coefficient (Wildman–Crippen LogP) is 3.65. The standard InChI is InChI=1S/C20H25FO4/c1-13(22)17-7-6-14(10-18(17)21)8-9-20(15-4-2-3-5-15)12-16(23)11-19(24)25-20/h6-7,10,13,15,22H,2-5,8-9,11-12H2,1H3. The van der Waals surface area contributed by atoms with E-state index in [-0.39, 0.29) is 30.1 Å². The van der Waals surface area contributed by atoms with E-state index in [1.165, 1.54) is 13.0 Å². The first-order chi connectivity index (χ1) is 11.9. The Morgan fingerprint density at radius 2 is 2.04 bits per heavy atom. The molecule has 1 saturated carbocycles. The molecule has 2 aliphatic rings. The van der Waals surface area contributed by atoms with Crippen LogP contribution in [0.4, 0.5) is 4.39 Å². The first-order valence-corrected chi connectivity index (χ1v) is 9.09. The summed E-state index contributed by atoms with van der Waals surface area (Å²) in [5.41, 5.74) is 0.323. The van der Waals surface area contributed by atoms with Crippen molar-refractivity contribution < 1.29 is 23.8 Å². The SMILES string of the molecule is CC(O)c1ccc(CCC2(C3CCCC3)CC(=O)CC(=O)O2)cc1F. The molecule has 1 saturated heterocycles. The van der Waals surface area contributed by atoms with Crippen molar-refractivity contribution in [3.63, 3.8) is 0 Å². The van der Waals surface area contributed by atoms with Crippen molar-refractivity contribution in [3.05, 3.63) is 35.1 Å². The summed E-state index contributed by atoms with van der Waals surface area (Å²) in [5, 5.41) is 9.54. The van der Waals surface area contributed by atoms with Gasteiger partial charge in [0, 0.05) is 12.0 Å². The quantitative estimate of drug-likeness (QED) is 0.652. The number of hydrogen-bond acceptors (Lipinski definition) is 4. The first kappa shape index (κ1) is 18.1. The Labute approximate surface area is 147 Å². The van der Waals surface area contributed by atoms with Crippen molar-refractivity contribution in [3.8, 4) is 0 Å². The van der Waals surface area contributed by atoms with Crippen molar-refractivity contribution >= 4 is 11.8 Å². The number of halogens is 1. The zero-order valence-electron chi connectivity index (χ0n) is 14.6. The molecule has 1 heterocycles. The predicted molar refractivity (Wildman–Crippen MR) is 90.4 cm³/mol. The number of ether oxygens (including phenoxy) is 1. The van der Waals surface area contributed by atoms with Gasteiger partial charge in [-0.3, -0.25) is 9.59 Å². The number of esters is 1. The average Bonchev–Trinajstić information content (AvgIpc) is 3.07. The maximum absolute atomic E-state index is 14.1. The van der Waals surface area contributed by atoms with E-state index in [9.17, 15) is 19.1 Å². The summed E-state index contributed by atoms with van der Waals surface area (Å²) in [4.78, 5) is 23.9. The van der Waals surface area contributed by atoms with Gasteiger partial charge in [-0.2, -0.15) is 0 Å². The number of hydrogen-bond donors (Lipinski definition) is 1. The largest absolute Gasteiger partial charge is 0.458 e. The van der Waals surface area contributed by atoms with E-state index in [1.807, 2.05) is 0 Å². The van der Waals surface area contributed by atoms with Gasteiger partial charge in [-0.1, -0.05) is 25.0 Å². The van der Waals surface area contributed by atoms with Gasteiger partial charge in [-0.25, -0.2) is 4.39 Å². The minimum absolute atomic E-state index is 0.0567. The molecule has 136 valence electrons. The summed E-state index contributed by atoms with van der Waals surface area (Å²) >= 11 is 0. The number of carbonyl (C=O) groups is 2. The lowest BCUT2D eigenvalue weighted by Gasteiger charge is -2.41. The molecule has 2 unspecified atom stereocenters. The molecule has 1 aromatic carbocycles. The van der Waals surface area contributed by atoms with Crippen LogP contribution >= 0.6 is 0 Å². The highest BCUT2D eigenvalue weighted by molar-refractivity contribution is 5.98. The van der Waals surface area contributed by atoms with Gasteiger partial charge in [-0.15, -0.1) is 0 Å². The van der Waals surface area contributed by atoms with Crippen molar-refractivity contribution in [2.24, 2.45) is 5.92 Å². The van der Waals surface area contributed by atoms with E-state index in [4.69, 9.17) is 4.74 Å². The maximum Gasteiger partial charge on any atom is 0.313 e. The summed E-state index contributed by atoms with van der Waals surface area (Å²) < 4.78 is 19.8. The molecular formula is C20H25FO4. The van der Waals surface area contributed by atoms with Crippen molar-refractivity contribution in [2.45, 2.75) is 70.0 Å². The Hall–Kier alpha value is -1.75. The molecule has 25 heavy (non-hydrogen) atoms. The van der Waals surface area contributed by atoms with E-state index in [2.05, 4.69) is 0 Å². The number of aliphatic hydroxyl groups excluding tert-OH is 1. The van der Waals surface area contributed by atoms with Crippen LogP contribution in [0.3, 0.4) is 0 Å². The molecule has 1 aliphatic heterocycles. The molecule has 0 amide bonds. The zero-order valence-corrected chi connectivity index (χ0v) is 14.6. The van der Waals surface area contributed by atoms with Crippen LogP contribution in [0.25, 0.3) is 0 Å². The third kappa shape index (κ3) is 3.92. The van der Waals surface area contributed by atoms with E-state index in [1.54, 1.807) is 12.1 Å². The molecule has 0 radical (unpaired) electrons. The minimum Gasteiger partial charge on any atom is -0.458 e. The second-order valence-electron chi connectivity index (χ2n) is 7.44. The number of benzene rings is 1. The van der Waals surface area contributed by atoms with Gasteiger partial charge >= 0.3 is 5.97 Å². The highest BCUT2D eigenvalue weighted by Gasteiger charge is 2.47. The molecule has 0 spiro atoms. The summed E-state index contributed by atoms with van der Waals surface area (Å²) in [6.45, 7) is 1.53. The molecule has 1 N–H and O–H groups in total. The van der Waals surface area contributed by atoms with Crippen LogP contribution in [0.2, 0.25) is 0 Å². The van der Waals surface area contributed by atoms with Gasteiger partial charge in [0.2, 0.25) is 0 Å². The normalized spacial score (nSPS) is 25.9. The molecule has 1 aliphatic carbocycles. The van der Waals surface area contributed by atoms with E-state index >= 15 is 0 Å². The number of aryl methyl sites for hydroxylation is 1. The Balaban J connectivity index is 1.78.